The summed E-state index contributed by atoms with van der Waals surface area (Å²) in [5.74, 6) is 1.40. The second-order valence-electron chi connectivity index (χ2n) is 8.43. The summed E-state index contributed by atoms with van der Waals surface area (Å²) < 4.78 is 0. The van der Waals surface area contributed by atoms with Crippen LogP contribution in [0.4, 0.5) is 11.6 Å². The van der Waals surface area contributed by atoms with E-state index in [2.05, 4.69) is 42.2 Å². The molecule has 2 saturated heterocycles. The maximum atomic E-state index is 12.1. The third-order valence-corrected chi connectivity index (χ3v) is 6.29. The van der Waals surface area contributed by atoms with Gasteiger partial charge in [-0.15, -0.1) is 0 Å². The third kappa shape index (κ3) is 4.18. The van der Waals surface area contributed by atoms with E-state index in [-0.39, 0.29) is 0 Å². The number of hydrogen-bond donors (Lipinski definition) is 3. The number of aromatic nitrogens is 3. The highest BCUT2D eigenvalue weighted by atomic mass is 16.1. The van der Waals surface area contributed by atoms with E-state index in [4.69, 9.17) is 5.73 Å². The normalized spacial score (nSPS) is 16.9. The van der Waals surface area contributed by atoms with Gasteiger partial charge in [-0.05, 0) is 49.6 Å². The maximum Gasteiger partial charge on any atom is 0.252 e. The Hall–Kier alpha value is -3.39. The van der Waals surface area contributed by atoms with Crippen molar-refractivity contribution in [1.82, 2.24) is 20.3 Å². The molecule has 3 aromatic heterocycles. The summed E-state index contributed by atoms with van der Waals surface area (Å²) >= 11 is 0. The van der Waals surface area contributed by atoms with Crippen LogP contribution in [-0.2, 0) is 0 Å². The standard InChI is InChI=1S/C24H29N7O/c25-23(32)19-15-21(29-24(19)31-12-8-26-9-13-31)17-6-7-27-20(14-17)18-4-5-22(28-16-18)30-10-2-1-3-11-30/h4-7,14-16,26,29H,1-3,8-13H2,(H2,25,32). The number of nitrogens with one attached hydrogen (secondary N) is 2. The molecule has 166 valence electrons. The molecule has 8 nitrogen and oxygen atoms in total. The van der Waals surface area contributed by atoms with E-state index in [0.717, 1.165) is 73.4 Å². The monoisotopic (exact) mass is 431 g/mol. The third-order valence-electron chi connectivity index (χ3n) is 6.29. The zero-order chi connectivity index (χ0) is 21.9. The van der Waals surface area contributed by atoms with Crippen molar-refractivity contribution in [2.45, 2.75) is 19.3 Å². The molecule has 8 heteroatoms. The van der Waals surface area contributed by atoms with Crippen molar-refractivity contribution in [3.8, 4) is 22.5 Å². The Labute approximate surface area is 187 Å². The molecule has 3 aromatic rings. The van der Waals surface area contributed by atoms with E-state index >= 15 is 0 Å². The molecule has 2 aliphatic rings. The van der Waals surface area contributed by atoms with Gasteiger partial charge in [0.05, 0.1) is 11.3 Å². The maximum absolute atomic E-state index is 12.1. The minimum atomic E-state index is -0.423. The van der Waals surface area contributed by atoms with Crippen LogP contribution in [0.3, 0.4) is 0 Å². The zero-order valence-electron chi connectivity index (χ0n) is 18.2. The van der Waals surface area contributed by atoms with Gasteiger partial charge >= 0.3 is 0 Å². The van der Waals surface area contributed by atoms with Gasteiger partial charge in [-0.3, -0.25) is 9.78 Å². The number of amides is 1. The summed E-state index contributed by atoms with van der Waals surface area (Å²) in [7, 11) is 0. The number of piperidine rings is 1. The van der Waals surface area contributed by atoms with Crippen molar-refractivity contribution in [1.29, 1.82) is 0 Å². The predicted molar refractivity (Wildman–Crippen MR) is 127 cm³/mol. The molecule has 0 radical (unpaired) electrons. The number of primary amides is 1. The van der Waals surface area contributed by atoms with Crippen LogP contribution in [0.5, 0.6) is 0 Å². The van der Waals surface area contributed by atoms with Crippen molar-refractivity contribution >= 4 is 17.5 Å². The van der Waals surface area contributed by atoms with Crippen molar-refractivity contribution in [2.24, 2.45) is 5.73 Å². The molecular weight excluding hydrogens is 402 g/mol. The average Bonchev–Trinajstić information content (AvgIpc) is 3.32. The average molecular weight is 432 g/mol. The summed E-state index contributed by atoms with van der Waals surface area (Å²) in [6.45, 7) is 5.57. The van der Waals surface area contributed by atoms with Gasteiger partial charge in [0.25, 0.3) is 5.91 Å². The number of H-pyrrole nitrogens is 1. The lowest BCUT2D eigenvalue weighted by Gasteiger charge is -2.28. The number of rotatable bonds is 5. The summed E-state index contributed by atoms with van der Waals surface area (Å²) in [6, 6.07) is 9.97. The molecule has 0 atom stereocenters. The number of nitrogens with two attached hydrogens (primary N) is 1. The van der Waals surface area contributed by atoms with Crippen LogP contribution in [0.2, 0.25) is 0 Å². The highest BCUT2D eigenvalue weighted by Crippen LogP contribution is 2.30. The van der Waals surface area contributed by atoms with E-state index in [1.807, 2.05) is 24.4 Å². The summed E-state index contributed by atoms with van der Waals surface area (Å²) in [6.07, 6.45) is 7.45. The van der Waals surface area contributed by atoms with Crippen molar-refractivity contribution < 1.29 is 4.79 Å². The predicted octanol–water partition coefficient (Wildman–Crippen LogP) is 2.64. The molecule has 5 rings (SSSR count). The lowest BCUT2D eigenvalue weighted by molar-refractivity contribution is 0.100. The summed E-state index contributed by atoms with van der Waals surface area (Å²) in [5.41, 5.74) is 9.83. The molecule has 0 aliphatic carbocycles. The van der Waals surface area contributed by atoms with Gasteiger partial charge in [0.15, 0.2) is 0 Å². The van der Waals surface area contributed by atoms with Gasteiger partial charge in [0.1, 0.15) is 11.6 Å². The quantitative estimate of drug-likeness (QED) is 0.574. The number of anilines is 2. The van der Waals surface area contributed by atoms with E-state index in [0.29, 0.717) is 5.56 Å². The Bertz CT molecular complexity index is 1080. The Kier molecular flexibility index (Phi) is 5.77. The molecule has 2 aliphatic heterocycles. The smallest absolute Gasteiger partial charge is 0.252 e. The Morgan fingerprint density at radius 2 is 1.72 bits per heavy atom. The first-order valence-electron chi connectivity index (χ1n) is 11.4. The van der Waals surface area contributed by atoms with Gasteiger partial charge in [-0.1, -0.05) is 0 Å². The first-order valence-corrected chi connectivity index (χ1v) is 11.4. The Morgan fingerprint density at radius 1 is 0.906 bits per heavy atom. The summed E-state index contributed by atoms with van der Waals surface area (Å²) in [5, 5.41) is 3.33. The van der Waals surface area contributed by atoms with Gasteiger partial charge in [0.2, 0.25) is 0 Å². The second-order valence-corrected chi connectivity index (χ2v) is 8.43. The van der Waals surface area contributed by atoms with Crippen LogP contribution in [-0.4, -0.2) is 60.1 Å². The zero-order valence-corrected chi connectivity index (χ0v) is 18.2. The first kappa shape index (κ1) is 20.5. The fourth-order valence-electron chi connectivity index (χ4n) is 4.53. The molecule has 32 heavy (non-hydrogen) atoms. The molecule has 1 amide bonds. The number of nitrogens with zero attached hydrogens (tertiary/aromatic N) is 4. The van der Waals surface area contributed by atoms with Gasteiger partial charge in [-0.2, -0.15) is 0 Å². The number of hydrogen-bond acceptors (Lipinski definition) is 6. The van der Waals surface area contributed by atoms with Gasteiger partial charge in [0, 0.05) is 68.5 Å². The van der Waals surface area contributed by atoms with E-state index in [1.165, 1.54) is 19.3 Å². The van der Waals surface area contributed by atoms with Crippen LogP contribution in [0.1, 0.15) is 29.6 Å². The summed E-state index contributed by atoms with van der Waals surface area (Å²) in [4.78, 5) is 29.3. The highest BCUT2D eigenvalue weighted by molar-refractivity contribution is 5.99. The molecule has 5 heterocycles. The Balaban J connectivity index is 1.42. The number of piperazine rings is 1. The van der Waals surface area contributed by atoms with E-state index in [1.54, 1.807) is 6.20 Å². The Morgan fingerprint density at radius 3 is 2.44 bits per heavy atom. The van der Waals surface area contributed by atoms with Crippen LogP contribution in [0, 0.1) is 0 Å². The van der Waals surface area contributed by atoms with Crippen LogP contribution >= 0.6 is 0 Å². The van der Waals surface area contributed by atoms with E-state index < -0.39 is 5.91 Å². The SMILES string of the molecule is NC(=O)c1cc(-c2ccnc(-c3ccc(N4CCCCC4)nc3)c2)[nH]c1N1CCNCC1. The van der Waals surface area contributed by atoms with Gasteiger partial charge < -0.3 is 25.8 Å². The molecule has 0 unspecified atom stereocenters. The number of carbonyl (C=O) groups is 1. The number of pyridine rings is 2. The van der Waals surface area contributed by atoms with Crippen LogP contribution in [0.25, 0.3) is 22.5 Å². The fourth-order valence-corrected chi connectivity index (χ4v) is 4.53. The lowest BCUT2D eigenvalue weighted by Crippen LogP contribution is -2.44. The minimum absolute atomic E-state index is 0.423. The fraction of sp³-hybridized carbons (Fsp3) is 0.375. The molecule has 0 aromatic carbocycles. The number of carbonyl (C=O) groups excluding carboxylic acids is 1. The van der Waals surface area contributed by atoms with Crippen molar-refractivity contribution in [2.75, 3.05) is 49.1 Å². The second kappa shape index (κ2) is 9.00. The van der Waals surface area contributed by atoms with Crippen molar-refractivity contribution in [3.63, 3.8) is 0 Å². The molecule has 0 spiro atoms. The minimum Gasteiger partial charge on any atom is -0.365 e. The largest absolute Gasteiger partial charge is 0.365 e. The molecular formula is C24H29N7O. The molecule has 0 saturated carbocycles. The van der Waals surface area contributed by atoms with Crippen molar-refractivity contribution in [3.05, 3.63) is 48.3 Å². The van der Waals surface area contributed by atoms with Crippen LogP contribution < -0.4 is 20.9 Å². The topological polar surface area (TPSA) is 103 Å². The first-order chi connectivity index (χ1) is 15.7. The molecule has 0 bridgehead atoms. The molecule has 2 fully saturated rings. The van der Waals surface area contributed by atoms with Crippen LogP contribution in [0.15, 0.2) is 42.7 Å². The lowest BCUT2D eigenvalue weighted by atomic mass is 10.1. The highest BCUT2D eigenvalue weighted by Gasteiger charge is 2.21. The molecule has 4 N–H and O–H groups in total. The van der Waals surface area contributed by atoms with E-state index in [9.17, 15) is 4.79 Å². The van der Waals surface area contributed by atoms with Gasteiger partial charge in [-0.25, -0.2) is 4.98 Å². The number of aromatic amines is 1.